The van der Waals surface area contributed by atoms with Crippen molar-refractivity contribution in [1.82, 2.24) is 0 Å². The number of hydrogen-bond acceptors (Lipinski definition) is 0. The maximum absolute atomic E-state index is 2.19. The van der Waals surface area contributed by atoms with Crippen LogP contribution in [-0.2, 0) is 0 Å². The molecule has 0 aliphatic heterocycles. The highest BCUT2D eigenvalue weighted by Crippen LogP contribution is 2.14. The molecular formula is C16H24. The number of allylic oxidation sites excluding steroid dienone is 10. The molecule has 88 valence electrons. The zero-order chi connectivity index (χ0) is 12.4. The quantitative estimate of drug-likeness (QED) is 0.542. The smallest absolute Gasteiger partial charge is 0.0191 e. The first-order valence-corrected chi connectivity index (χ1v) is 5.96. The molecule has 0 heteroatoms. The molecule has 0 nitrogen and oxygen atoms in total. The molecule has 0 aromatic rings. The molecular weight excluding hydrogens is 192 g/mol. The monoisotopic (exact) mass is 216 g/mol. The summed E-state index contributed by atoms with van der Waals surface area (Å²) in [5.74, 6) is 0. The maximum atomic E-state index is 2.19. The fraction of sp³-hybridized carbons (Fsp3) is 0.375. The molecule has 16 heavy (non-hydrogen) atoms. The summed E-state index contributed by atoms with van der Waals surface area (Å²) in [6.07, 6.45) is 16.1. The van der Waals surface area contributed by atoms with E-state index in [2.05, 4.69) is 70.2 Å². The third-order valence-corrected chi connectivity index (χ3v) is 2.12. The first-order valence-electron chi connectivity index (χ1n) is 5.96. The topological polar surface area (TPSA) is 0 Å². The summed E-state index contributed by atoms with van der Waals surface area (Å²) in [6, 6.07) is 0. The first-order chi connectivity index (χ1) is 7.65. The van der Waals surface area contributed by atoms with Gasteiger partial charge < -0.3 is 0 Å². The van der Waals surface area contributed by atoms with Gasteiger partial charge in [-0.2, -0.15) is 0 Å². The van der Waals surface area contributed by atoms with E-state index < -0.39 is 0 Å². The van der Waals surface area contributed by atoms with Crippen LogP contribution in [-0.4, -0.2) is 0 Å². The highest BCUT2D eigenvalue weighted by Gasteiger charge is 1.95. The van der Waals surface area contributed by atoms with Gasteiger partial charge in [-0.25, -0.2) is 0 Å². The van der Waals surface area contributed by atoms with Crippen molar-refractivity contribution in [2.45, 2.75) is 41.0 Å². The largest absolute Gasteiger partial charge is 0.0870 e. The maximum Gasteiger partial charge on any atom is -0.0191 e. The summed E-state index contributed by atoms with van der Waals surface area (Å²) in [6.45, 7) is 10.5. The van der Waals surface area contributed by atoms with E-state index in [1.54, 1.807) is 0 Å². The average Bonchev–Trinajstić information content (AvgIpc) is 2.26. The summed E-state index contributed by atoms with van der Waals surface area (Å²) in [5.41, 5.74) is 3.85. The minimum atomic E-state index is 1.07. The van der Waals surface area contributed by atoms with Gasteiger partial charge in [-0.3, -0.25) is 0 Å². The predicted octanol–water partition coefficient (Wildman–Crippen LogP) is 5.37. The van der Waals surface area contributed by atoms with E-state index in [9.17, 15) is 0 Å². The van der Waals surface area contributed by atoms with Gasteiger partial charge in [0.25, 0.3) is 0 Å². The van der Waals surface area contributed by atoms with Gasteiger partial charge in [0, 0.05) is 0 Å². The lowest BCUT2D eigenvalue weighted by molar-refractivity contribution is 1.22. The molecule has 0 fully saturated rings. The Labute approximate surface area is 101 Å². The van der Waals surface area contributed by atoms with Crippen LogP contribution in [0, 0.1) is 0 Å². The third kappa shape index (κ3) is 6.23. The van der Waals surface area contributed by atoms with Crippen LogP contribution in [0.5, 0.6) is 0 Å². The van der Waals surface area contributed by atoms with Crippen LogP contribution in [0.3, 0.4) is 0 Å². The normalized spacial score (nSPS) is 13.8. The Morgan fingerprint density at radius 3 is 2.06 bits per heavy atom. The average molecular weight is 216 g/mol. The zero-order valence-corrected chi connectivity index (χ0v) is 11.2. The summed E-state index contributed by atoms with van der Waals surface area (Å²) < 4.78 is 0. The zero-order valence-electron chi connectivity index (χ0n) is 11.2. The lowest BCUT2D eigenvalue weighted by Gasteiger charge is -2.02. The van der Waals surface area contributed by atoms with Gasteiger partial charge in [0.05, 0.1) is 0 Å². The van der Waals surface area contributed by atoms with Crippen molar-refractivity contribution < 1.29 is 0 Å². The highest BCUT2D eigenvalue weighted by atomic mass is 14.0. The van der Waals surface area contributed by atoms with Crippen molar-refractivity contribution in [3.63, 3.8) is 0 Å². The van der Waals surface area contributed by atoms with Crippen LogP contribution < -0.4 is 0 Å². The van der Waals surface area contributed by atoms with Crippen LogP contribution in [0.15, 0.2) is 59.3 Å². The standard InChI is InChI=1S/C16H24/c1-6-9-11-15(8-3)16(10-7-2)13-12-14(4)5/h7-13H,6H2,1-5H3/b10-7-,11-9-,15-8+,16-13+. The molecule has 0 aromatic carbocycles. The van der Waals surface area contributed by atoms with Gasteiger partial charge in [-0.05, 0) is 45.3 Å². The number of rotatable bonds is 5. The molecule has 0 unspecified atom stereocenters. The van der Waals surface area contributed by atoms with Crippen LogP contribution in [0.1, 0.15) is 41.0 Å². The molecule has 0 spiro atoms. The van der Waals surface area contributed by atoms with E-state index in [4.69, 9.17) is 0 Å². The van der Waals surface area contributed by atoms with Crippen molar-refractivity contribution >= 4 is 0 Å². The summed E-state index contributed by atoms with van der Waals surface area (Å²) in [7, 11) is 0. The summed E-state index contributed by atoms with van der Waals surface area (Å²) >= 11 is 0. The van der Waals surface area contributed by atoms with Crippen molar-refractivity contribution in [3.05, 3.63) is 59.3 Å². The van der Waals surface area contributed by atoms with Crippen molar-refractivity contribution in [1.29, 1.82) is 0 Å². The predicted molar refractivity (Wildman–Crippen MR) is 75.5 cm³/mol. The molecule has 0 aliphatic rings. The Balaban J connectivity index is 5.10. The van der Waals surface area contributed by atoms with Gasteiger partial charge in [-0.1, -0.05) is 55.0 Å². The lowest BCUT2D eigenvalue weighted by atomic mass is 10.0. The minimum absolute atomic E-state index is 1.07. The van der Waals surface area contributed by atoms with E-state index in [1.807, 2.05) is 6.92 Å². The Morgan fingerprint density at radius 2 is 1.62 bits per heavy atom. The van der Waals surface area contributed by atoms with Crippen molar-refractivity contribution in [3.8, 4) is 0 Å². The molecule has 0 atom stereocenters. The Bertz CT molecular complexity index is 329. The molecule has 0 saturated heterocycles. The van der Waals surface area contributed by atoms with Crippen LogP contribution >= 0.6 is 0 Å². The van der Waals surface area contributed by atoms with Gasteiger partial charge >= 0.3 is 0 Å². The van der Waals surface area contributed by atoms with E-state index in [1.165, 1.54) is 16.7 Å². The van der Waals surface area contributed by atoms with Gasteiger partial charge in [-0.15, -0.1) is 0 Å². The first kappa shape index (κ1) is 14.7. The molecule has 0 saturated carbocycles. The second-order valence-corrected chi connectivity index (χ2v) is 3.92. The fourth-order valence-corrected chi connectivity index (χ4v) is 1.29. The number of hydrogen-bond donors (Lipinski definition) is 0. The van der Waals surface area contributed by atoms with Gasteiger partial charge in [0.15, 0.2) is 0 Å². The SMILES string of the molecule is C\C=C/C(=C\C=C(C)C)C(/C=C\CC)=C/C. The second-order valence-electron chi connectivity index (χ2n) is 3.92. The molecule has 0 radical (unpaired) electrons. The fourth-order valence-electron chi connectivity index (χ4n) is 1.29. The Hall–Kier alpha value is -1.30. The van der Waals surface area contributed by atoms with Crippen molar-refractivity contribution in [2.24, 2.45) is 0 Å². The van der Waals surface area contributed by atoms with Gasteiger partial charge in [0.1, 0.15) is 0 Å². The minimum Gasteiger partial charge on any atom is -0.0870 e. The molecule has 0 rings (SSSR count). The van der Waals surface area contributed by atoms with Crippen molar-refractivity contribution in [2.75, 3.05) is 0 Å². The van der Waals surface area contributed by atoms with Crippen LogP contribution in [0.2, 0.25) is 0 Å². The van der Waals surface area contributed by atoms with E-state index in [0.717, 1.165) is 6.42 Å². The molecule has 0 aromatic heterocycles. The Kier molecular flexibility index (Phi) is 8.24. The second kappa shape index (κ2) is 8.96. The van der Waals surface area contributed by atoms with E-state index >= 15 is 0 Å². The van der Waals surface area contributed by atoms with Crippen LogP contribution in [0.25, 0.3) is 0 Å². The van der Waals surface area contributed by atoms with Gasteiger partial charge in [0.2, 0.25) is 0 Å². The van der Waals surface area contributed by atoms with E-state index in [-0.39, 0.29) is 0 Å². The molecule has 0 amide bonds. The molecule has 0 N–H and O–H groups in total. The Morgan fingerprint density at radius 1 is 0.938 bits per heavy atom. The molecule has 0 bridgehead atoms. The summed E-state index contributed by atoms with van der Waals surface area (Å²) in [5, 5.41) is 0. The molecule has 0 aliphatic carbocycles. The molecule has 0 heterocycles. The van der Waals surface area contributed by atoms with Crippen LogP contribution in [0.4, 0.5) is 0 Å². The third-order valence-electron chi connectivity index (χ3n) is 2.12. The lowest BCUT2D eigenvalue weighted by Crippen LogP contribution is -1.82. The highest BCUT2D eigenvalue weighted by molar-refractivity contribution is 5.47. The van der Waals surface area contributed by atoms with E-state index in [0.29, 0.717) is 0 Å². The summed E-state index contributed by atoms with van der Waals surface area (Å²) in [4.78, 5) is 0.